The van der Waals surface area contributed by atoms with Crippen LogP contribution < -0.4 is 5.32 Å². The molecule has 0 aliphatic rings. The summed E-state index contributed by atoms with van der Waals surface area (Å²) in [6.07, 6.45) is -1.09. The van der Waals surface area contributed by atoms with E-state index in [4.69, 9.17) is 21.4 Å². The summed E-state index contributed by atoms with van der Waals surface area (Å²) < 4.78 is 5.00. The maximum Gasteiger partial charge on any atom is 0.340 e. The van der Waals surface area contributed by atoms with Gasteiger partial charge in [0.15, 0.2) is 0 Å². The van der Waals surface area contributed by atoms with Gasteiger partial charge in [-0.1, -0.05) is 29.8 Å². The Morgan fingerprint density at radius 1 is 1.22 bits per heavy atom. The number of hydrogen-bond donors (Lipinski definition) is 3. The van der Waals surface area contributed by atoms with Gasteiger partial charge in [0.25, 0.3) is 0 Å². The van der Waals surface area contributed by atoms with E-state index in [-0.39, 0.29) is 6.61 Å². The Kier molecular flexibility index (Phi) is 5.98. The quantitative estimate of drug-likeness (QED) is 0.707. The zero-order valence-corrected chi connectivity index (χ0v) is 13.4. The monoisotopic (exact) mass is 335 g/mol. The van der Waals surface area contributed by atoms with Gasteiger partial charge in [-0.05, 0) is 36.8 Å². The number of halogens is 1. The molecule has 23 heavy (non-hydrogen) atoms. The molecule has 0 fully saturated rings. The van der Waals surface area contributed by atoms with Crippen molar-refractivity contribution in [1.82, 2.24) is 0 Å². The summed E-state index contributed by atoms with van der Waals surface area (Å²) in [6, 6.07) is 12.3. The summed E-state index contributed by atoms with van der Waals surface area (Å²) in [4.78, 5) is 12.1. The highest BCUT2D eigenvalue weighted by Gasteiger charge is 2.15. The second kappa shape index (κ2) is 7.97. The average Bonchev–Trinajstić information content (AvgIpc) is 2.57. The van der Waals surface area contributed by atoms with Gasteiger partial charge in [0.05, 0.1) is 17.9 Å². The van der Waals surface area contributed by atoms with Crippen LogP contribution in [0.3, 0.4) is 0 Å². The lowest BCUT2D eigenvalue weighted by atomic mass is 10.1. The molecule has 0 radical (unpaired) electrons. The number of esters is 1. The highest BCUT2D eigenvalue weighted by Crippen LogP contribution is 2.28. The molecule has 2 aromatic rings. The van der Waals surface area contributed by atoms with Crippen LogP contribution in [-0.4, -0.2) is 35.5 Å². The fourth-order valence-electron chi connectivity index (χ4n) is 1.96. The molecule has 122 valence electrons. The Hall–Kier alpha value is -2.08. The van der Waals surface area contributed by atoms with E-state index in [9.17, 15) is 9.90 Å². The van der Waals surface area contributed by atoms with E-state index >= 15 is 0 Å². The maximum atomic E-state index is 12.1. The summed E-state index contributed by atoms with van der Waals surface area (Å²) in [5.41, 5.74) is 2.56. The van der Waals surface area contributed by atoms with Gasteiger partial charge in [-0.25, -0.2) is 4.79 Å². The van der Waals surface area contributed by atoms with Crippen LogP contribution in [0.15, 0.2) is 42.5 Å². The minimum Gasteiger partial charge on any atom is -0.459 e. The van der Waals surface area contributed by atoms with Crippen LogP contribution in [0.5, 0.6) is 0 Å². The van der Waals surface area contributed by atoms with E-state index in [2.05, 4.69) is 5.32 Å². The molecule has 0 bridgehead atoms. The fourth-order valence-corrected chi connectivity index (χ4v) is 2.13. The van der Waals surface area contributed by atoms with Crippen molar-refractivity contribution < 1.29 is 19.7 Å². The second-order valence-corrected chi connectivity index (χ2v) is 5.43. The van der Waals surface area contributed by atoms with Gasteiger partial charge in [-0.2, -0.15) is 0 Å². The Bertz CT molecular complexity index is 690. The number of aliphatic hydroxyl groups is 2. The first-order valence-corrected chi connectivity index (χ1v) is 7.48. The molecule has 0 amide bonds. The molecule has 1 unspecified atom stereocenters. The molecule has 1 atom stereocenters. The number of aliphatic hydroxyl groups excluding tert-OH is 2. The molecule has 0 saturated carbocycles. The summed E-state index contributed by atoms with van der Waals surface area (Å²) >= 11 is 6.10. The zero-order chi connectivity index (χ0) is 16.8. The molecule has 6 heteroatoms. The molecular weight excluding hydrogens is 318 g/mol. The van der Waals surface area contributed by atoms with E-state index in [1.54, 1.807) is 30.3 Å². The number of hydrogen-bond acceptors (Lipinski definition) is 5. The third-order valence-electron chi connectivity index (χ3n) is 3.30. The van der Waals surface area contributed by atoms with Crippen LogP contribution >= 0.6 is 11.6 Å². The number of carbonyl (C=O) groups is 1. The number of benzene rings is 2. The topological polar surface area (TPSA) is 78.8 Å². The van der Waals surface area contributed by atoms with Crippen molar-refractivity contribution >= 4 is 28.9 Å². The second-order valence-electron chi connectivity index (χ2n) is 5.02. The molecule has 3 N–H and O–H groups in total. The molecule has 0 saturated heterocycles. The lowest BCUT2D eigenvalue weighted by Gasteiger charge is -2.14. The largest absolute Gasteiger partial charge is 0.459 e. The molecule has 0 aliphatic carbocycles. The fraction of sp³-hybridized carbons (Fsp3) is 0.235. The third kappa shape index (κ3) is 4.45. The lowest BCUT2D eigenvalue weighted by Crippen LogP contribution is -2.22. The summed E-state index contributed by atoms with van der Waals surface area (Å²) in [6.45, 7) is 1.15. The summed E-state index contributed by atoms with van der Waals surface area (Å²) in [5.74, 6) is -0.583. The molecule has 0 heterocycles. The number of rotatable bonds is 6. The van der Waals surface area contributed by atoms with E-state index < -0.39 is 18.7 Å². The van der Waals surface area contributed by atoms with Crippen molar-refractivity contribution in [3.8, 4) is 0 Å². The van der Waals surface area contributed by atoms with Gasteiger partial charge in [-0.15, -0.1) is 0 Å². The minimum atomic E-state index is -1.09. The van der Waals surface area contributed by atoms with Gasteiger partial charge >= 0.3 is 5.97 Å². The molecule has 2 rings (SSSR count). The van der Waals surface area contributed by atoms with Gasteiger partial charge in [-0.3, -0.25) is 0 Å². The van der Waals surface area contributed by atoms with Gasteiger partial charge < -0.3 is 20.3 Å². The Balaban J connectivity index is 2.20. The number of nitrogens with one attached hydrogen (secondary N) is 1. The first-order chi connectivity index (χ1) is 11.0. The van der Waals surface area contributed by atoms with Crippen molar-refractivity contribution in [1.29, 1.82) is 0 Å². The lowest BCUT2D eigenvalue weighted by molar-refractivity contribution is 0.00941. The van der Waals surface area contributed by atoms with E-state index in [0.717, 1.165) is 11.3 Å². The predicted octanol–water partition coefficient (Wildman–Crippen LogP) is 2.90. The van der Waals surface area contributed by atoms with Gasteiger partial charge in [0.1, 0.15) is 12.7 Å². The third-order valence-corrected chi connectivity index (χ3v) is 3.71. The number of carbonyl (C=O) groups excluding carboxylic acids is 1. The number of para-hydroxylation sites is 1. The smallest absolute Gasteiger partial charge is 0.340 e. The van der Waals surface area contributed by atoms with Gasteiger partial charge in [0.2, 0.25) is 0 Å². The summed E-state index contributed by atoms with van der Waals surface area (Å²) in [7, 11) is 0. The van der Waals surface area contributed by atoms with Crippen molar-refractivity contribution in [3.05, 3.63) is 58.6 Å². The van der Waals surface area contributed by atoms with Crippen LogP contribution in [0.1, 0.15) is 15.9 Å². The summed E-state index contributed by atoms with van der Waals surface area (Å²) in [5, 5.41) is 21.8. The van der Waals surface area contributed by atoms with Crippen LogP contribution in [0.4, 0.5) is 11.4 Å². The first kappa shape index (κ1) is 17.3. The van der Waals surface area contributed by atoms with Crippen molar-refractivity contribution in [2.75, 3.05) is 18.5 Å². The van der Waals surface area contributed by atoms with E-state index in [1.165, 1.54) is 0 Å². The standard InChI is InChI=1S/C17H18ClNO4/c1-11-14(18)6-4-8-15(11)19-16-7-3-2-5-13(16)17(22)23-10-12(21)9-20/h2-8,12,19-21H,9-10H2,1H3. The number of anilines is 2. The zero-order valence-electron chi connectivity index (χ0n) is 12.6. The Morgan fingerprint density at radius 2 is 1.91 bits per heavy atom. The Morgan fingerprint density at radius 3 is 2.65 bits per heavy atom. The maximum absolute atomic E-state index is 12.1. The van der Waals surface area contributed by atoms with Crippen LogP contribution in [-0.2, 0) is 4.74 Å². The van der Waals surface area contributed by atoms with E-state index in [1.807, 2.05) is 19.1 Å². The molecular formula is C17H18ClNO4. The van der Waals surface area contributed by atoms with Crippen molar-refractivity contribution in [2.24, 2.45) is 0 Å². The minimum absolute atomic E-state index is 0.264. The molecule has 5 nitrogen and oxygen atoms in total. The highest BCUT2D eigenvalue weighted by molar-refractivity contribution is 6.31. The van der Waals surface area contributed by atoms with Gasteiger partial charge in [0, 0.05) is 10.7 Å². The van der Waals surface area contributed by atoms with Crippen molar-refractivity contribution in [2.45, 2.75) is 13.0 Å². The van der Waals surface area contributed by atoms with E-state index in [0.29, 0.717) is 16.3 Å². The van der Waals surface area contributed by atoms with Crippen LogP contribution in [0.25, 0.3) is 0 Å². The Labute approximate surface area is 139 Å². The first-order valence-electron chi connectivity index (χ1n) is 7.10. The molecule has 2 aromatic carbocycles. The average molecular weight is 336 g/mol. The predicted molar refractivity (Wildman–Crippen MR) is 89.3 cm³/mol. The molecule has 0 spiro atoms. The van der Waals surface area contributed by atoms with Crippen molar-refractivity contribution in [3.63, 3.8) is 0 Å². The normalized spacial score (nSPS) is 11.8. The highest BCUT2D eigenvalue weighted by atomic mass is 35.5. The molecule has 0 aromatic heterocycles. The molecule has 0 aliphatic heterocycles. The number of ether oxygens (including phenoxy) is 1. The van der Waals surface area contributed by atoms with Crippen LogP contribution in [0.2, 0.25) is 5.02 Å². The van der Waals surface area contributed by atoms with Crippen LogP contribution in [0, 0.1) is 6.92 Å². The SMILES string of the molecule is Cc1c(Cl)cccc1Nc1ccccc1C(=O)OCC(O)CO.